The minimum absolute atomic E-state index is 0.796. The van der Waals surface area contributed by atoms with Crippen molar-refractivity contribution in [1.82, 2.24) is 14.6 Å². The van der Waals surface area contributed by atoms with Crippen LogP contribution in [0.5, 0.6) is 0 Å². The lowest BCUT2D eigenvalue weighted by atomic mass is 9.86. The minimum Gasteiger partial charge on any atom is -0.472 e. The van der Waals surface area contributed by atoms with Crippen molar-refractivity contribution < 1.29 is 4.42 Å². The van der Waals surface area contributed by atoms with Crippen LogP contribution in [0.15, 0.2) is 41.3 Å². The van der Waals surface area contributed by atoms with Crippen molar-refractivity contribution in [2.75, 3.05) is 0 Å². The summed E-state index contributed by atoms with van der Waals surface area (Å²) in [5, 5.41) is 4.80. The maximum atomic E-state index is 5.17. The highest BCUT2D eigenvalue weighted by molar-refractivity contribution is 5.61. The molecule has 3 aromatic rings. The third-order valence-electron chi connectivity index (χ3n) is 4.46. The Bertz CT molecular complexity index is 724. The third kappa shape index (κ3) is 2.46. The van der Waals surface area contributed by atoms with Crippen LogP contribution < -0.4 is 0 Å². The van der Waals surface area contributed by atoms with Crippen LogP contribution in [-0.2, 0) is 6.42 Å². The lowest BCUT2D eigenvalue weighted by Gasteiger charge is -2.20. The Kier molecular flexibility index (Phi) is 3.22. The van der Waals surface area contributed by atoms with E-state index in [1.165, 1.54) is 32.1 Å². The Labute approximate surface area is 123 Å². The molecular weight excluding hydrogens is 262 g/mol. The van der Waals surface area contributed by atoms with Gasteiger partial charge in [0.2, 0.25) is 0 Å². The number of aromatic nitrogens is 3. The van der Waals surface area contributed by atoms with Gasteiger partial charge in [-0.25, -0.2) is 9.50 Å². The number of imidazole rings is 1. The number of nitrogens with zero attached hydrogens (tertiary/aromatic N) is 3. The molecule has 1 saturated carbocycles. The van der Waals surface area contributed by atoms with Crippen LogP contribution in [-0.4, -0.2) is 14.6 Å². The van der Waals surface area contributed by atoms with E-state index in [2.05, 4.69) is 17.1 Å². The summed E-state index contributed by atoms with van der Waals surface area (Å²) in [6, 6.07) is 6.13. The largest absolute Gasteiger partial charge is 0.472 e. The molecule has 0 N–H and O–H groups in total. The summed E-state index contributed by atoms with van der Waals surface area (Å²) in [6.07, 6.45) is 13.2. The summed E-state index contributed by atoms with van der Waals surface area (Å²) in [5.41, 5.74) is 4.06. The fourth-order valence-electron chi connectivity index (χ4n) is 3.31. The Hall–Kier alpha value is -2.10. The second kappa shape index (κ2) is 5.35. The molecule has 1 aliphatic carbocycles. The number of hydrogen-bond acceptors (Lipinski definition) is 3. The molecule has 0 unspecified atom stereocenters. The zero-order chi connectivity index (χ0) is 14.1. The van der Waals surface area contributed by atoms with Crippen LogP contribution >= 0.6 is 0 Å². The molecule has 4 heteroatoms. The zero-order valence-electron chi connectivity index (χ0n) is 12.0. The normalized spacial score (nSPS) is 16.6. The van der Waals surface area contributed by atoms with Gasteiger partial charge in [-0.3, -0.25) is 0 Å². The molecule has 21 heavy (non-hydrogen) atoms. The van der Waals surface area contributed by atoms with E-state index in [-0.39, 0.29) is 0 Å². The molecule has 0 atom stereocenters. The van der Waals surface area contributed by atoms with E-state index in [1.807, 2.05) is 16.8 Å². The van der Waals surface area contributed by atoms with E-state index in [4.69, 9.17) is 9.52 Å². The quantitative estimate of drug-likeness (QED) is 0.725. The summed E-state index contributed by atoms with van der Waals surface area (Å²) in [5.74, 6) is 0.796. The second-order valence-corrected chi connectivity index (χ2v) is 5.96. The highest BCUT2D eigenvalue weighted by Gasteiger charge is 2.15. The maximum Gasteiger partial charge on any atom is 0.154 e. The highest BCUT2D eigenvalue weighted by Crippen LogP contribution is 2.27. The van der Waals surface area contributed by atoms with Crippen LogP contribution in [0.25, 0.3) is 16.9 Å². The van der Waals surface area contributed by atoms with E-state index in [9.17, 15) is 0 Å². The molecule has 1 fully saturated rings. The van der Waals surface area contributed by atoms with Gasteiger partial charge in [0.1, 0.15) is 0 Å². The topological polar surface area (TPSA) is 43.3 Å². The first-order valence-corrected chi connectivity index (χ1v) is 7.76. The molecule has 0 saturated heterocycles. The van der Waals surface area contributed by atoms with Crippen LogP contribution in [0.3, 0.4) is 0 Å². The van der Waals surface area contributed by atoms with Crippen LogP contribution in [0.2, 0.25) is 0 Å². The van der Waals surface area contributed by atoms with Crippen molar-refractivity contribution in [3.8, 4) is 11.3 Å². The van der Waals surface area contributed by atoms with E-state index in [0.717, 1.165) is 34.9 Å². The van der Waals surface area contributed by atoms with E-state index >= 15 is 0 Å². The molecule has 108 valence electrons. The average Bonchev–Trinajstić information content (AvgIpc) is 3.16. The van der Waals surface area contributed by atoms with Gasteiger partial charge in [0.25, 0.3) is 0 Å². The van der Waals surface area contributed by atoms with Crippen molar-refractivity contribution in [2.45, 2.75) is 38.5 Å². The van der Waals surface area contributed by atoms with E-state index in [0.29, 0.717) is 0 Å². The molecule has 0 bridgehead atoms. The second-order valence-electron chi connectivity index (χ2n) is 5.96. The average molecular weight is 281 g/mol. The SMILES string of the molecule is c1cc(-c2cnc3ccc(CC4CCCCC4)nn23)co1. The Balaban J connectivity index is 1.66. The number of furan rings is 1. The van der Waals surface area contributed by atoms with Gasteiger partial charge in [-0.1, -0.05) is 32.1 Å². The molecule has 3 aromatic heterocycles. The Morgan fingerprint density at radius 2 is 2.05 bits per heavy atom. The van der Waals surface area contributed by atoms with Crippen LogP contribution in [0.1, 0.15) is 37.8 Å². The molecular formula is C17H19N3O. The lowest BCUT2D eigenvalue weighted by molar-refractivity contribution is 0.353. The van der Waals surface area contributed by atoms with E-state index in [1.54, 1.807) is 12.5 Å². The molecule has 0 aliphatic heterocycles. The maximum absolute atomic E-state index is 5.17. The summed E-state index contributed by atoms with van der Waals surface area (Å²) in [7, 11) is 0. The first-order chi connectivity index (χ1) is 10.4. The van der Waals surface area contributed by atoms with Crippen molar-refractivity contribution in [3.05, 3.63) is 42.6 Å². The molecule has 0 aromatic carbocycles. The van der Waals surface area contributed by atoms with Crippen molar-refractivity contribution >= 4 is 5.65 Å². The standard InChI is InChI=1S/C17H19N3O/c1-2-4-13(5-3-1)10-15-6-7-17-18-11-16(20(17)19-15)14-8-9-21-12-14/h6-9,11-13H,1-5,10H2. The van der Waals surface area contributed by atoms with Gasteiger partial charge >= 0.3 is 0 Å². The summed E-state index contributed by atoms with van der Waals surface area (Å²) in [4.78, 5) is 4.42. The molecule has 3 heterocycles. The predicted octanol–water partition coefficient (Wildman–Crippen LogP) is 4.11. The van der Waals surface area contributed by atoms with Gasteiger partial charge in [-0.2, -0.15) is 5.10 Å². The molecule has 4 rings (SSSR count). The molecule has 1 aliphatic rings. The Morgan fingerprint density at radius 3 is 2.86 bits per heavy atom. The first-order valence-electron chi connectivity index (χ1n) is 7.76. The van der Waals surface area contributed by atoms with Gasteiger partial charge in [0.15, 0.2) is 5.65 Å². The highest BCUT2D eigenvalue weighted by atomic mass is 16.3. The third-order valence-corrected chi connectivity index (χ3v) is 4.46. The molecule has 0 amide bonds. The number of rotatable bonds is 3. The molecule has 0 spiro atoms. The summed E-state index contributed by atoms with van der Waals surface area (Å²) in [6.45, 7) is 0. The Morgan fingerprint density at radius 1 is 1.14 bits per heavy atom. The van der Waals surface area contributed by atoms with Gasteiger partial charge in [-0.05, 0) is 30.5 Å². The molecule has 4 nitrogen and oxygen atoms in total. The van der Waals surface area contributed by atoms with Crippen LogP contribution in [0.4, 0.5) is 0 Å². The number of fused-ring (bicyclic) bond motifs is 1. The smallest absolute Gasteiger partial charge is 0.154 e. The monoisotopic (exact) mass is 281 g/mol. The predicted molar refractivity (Wildman–Crippen MR) is 81.0 cm³/mol. The van der Waals surface area contributed by atoms with Crippen molar-refractivity contribution in [3.63, 3.8) is 0 Å². The summed E-state index contributed by atoms with van der Waals surface area (Å²) >= 11 is 0. The lowest BCUT2D eigenvalue weighted by Crippen LogP contribution is -2.11. The van der Waals surface area contributed by atoms with Gasteiger partial charge in [-0.15, -0.1) is 0 Å². The van der Waals surface area contributed by atoms with Crippen molar-refractivity contribution in [1.29, 1.82) is 0 Å². The van der Waals surface area contributed by atoms with Crippen LogP contribution in [0, 0.1) is 5.92 Å². The van der Waals surface area contributed by atoms with Gasteiger partial charge < -0.3 is 4.42 Å². The minimum atomic E-state index is 0.796. The summed E-state index contributed by atoms with van der Waals surface area (Å²) < 4.78 is 7.10. The van der Waals surface area contributed by atoms with Crippen molar-refractivity contribution in [2.24, 2.45) is 5.92 Å². The van der Waals surface area contributed by atoms with Gasteiger partial charge in [0.05, 0.1) is 30.1 Å². The fraction of sp³-hybridized carbons (Fsp3) is 0.412. The zero-order valence-corrected chi connectivity index (χ0v) is 12.0. The fourth-order valence-corrected chi connectivity index (χ4v) is 3.31. The van der Waals surface area contributed by atoms with Gasteiger partial charge in [0, 0.05) is 5.56 Å². The number of hydrogen-bond donors (Lipinski definition) is 0. The first kappa shape index (κ1) is 12.6. The van der Waals surface area contributed by atoms with E-state index < -0.39 is 0 Å². The molecule has 0 radical (unpaired) electrons.